The number of halogens is 3. The molecule has 0 spiro atoms. The Morgan fingerprint density at radius 3 is 2.31 bits per heavy atom. The van der Waals surface area contributed by atoms with Gasteiger partial charge in [-0.05, 0) is 42.0 Å². The van der Waals surface area contributed by atoms with Gasteiger partial charge in [-0.15, -0.1) is 0 Å². The quantitative estimate of drug-likeness (QED) is 0.527. The van der Waals surface area contributed by atoms with Crippen LogP contribution in [0.25, 0.3) is 0 Å². The minimum Gasteiger partial charge on any atom is -0.344 e. The smallest absolute Gasteiger partial charge is 0.236 e. The number of benzene rings is 3. The van der Waals surface area contributed by atoms with E-state index in [4.69, 9.17) is 11.6 Å². The van der Waals surface area contributed by atoms with E-state index in [0.29, 0.717) is 15.1 Å². The molecule has 8 heteroatoms. The van der Waals surface area contributed by atoms with Crippen molar-refractivity contribution in [2.45, 2.75) is 10.9 Å². The van der Waals surface area contributed by atoms with Gasteiger partial charge in [0.2, 0.25) is 5.91 Å². The molecule has 0 aliphatic heterocycles. The topological polar surface area (TPSA) is 63.2 Å². The second-order valence-corrected chi connectivity index (χ2v) is 9.63. The van der Waals surface area contributed by atoms with Gasteiger partial charge in [-0.25, -0.2) is 12.8 Å². The monoisotopic (exact) mass is 495 g/mol. The predicted molar refractivity (Wildman–Crippen MR) is 114 cm³/mol. The number of hydrogen-bond donors (Lipinski definition) is 1. The van der Waals surface area contributed by atoms with Crippen molar-refractivity contribution in [1.82, 2.24) is 5.32 Å². The molecule has 3 aromatic rings. The Morgan fingerprint density at radius 2 is 1.69 bits per heavy atom. The summed E-state index contributed by atoms with van der Waals surface area (Å²) in [5, 5.41) is 3.04. The highest BCUT2D eigenvalue weighted by molar-refractivity contribution is 9.10. The summed E-state index contributed by atoms with van der Waals surface area (Å²) in [5.41, 5.74) is 0.864. The normalized spacial score (nSPS) is 12.4. The average molecular weight is 497 g/mol. The summed E-state index contributed by atoms with van der Waals surface area (Å²) in [7, 11) is -3.88. The molecule has 29 heavy (non-hydrogen) atoms. The zero-order chi connectivity index (χ0) is 21.0. The minimum atomic E-state index is -3.88. The van der Waals surface area contributed by atoms with Crippen LogP contribution >= 0.6 is 27.5 Å². The summed E-state index contributed by atoms with van der Waals surface area (Å²) in [6, 6.07) is 18.0. The maximum atomic E-state index is 14.6. The third kappa shape index (κ3) is 5.44. The molecular formula is C21H16BrClFNO3S. The van der Waals surface area contributed by atoms with Crippen molar-refractivity contribution >= 4 is 43.3 Å². The van der Waals surface area contributed by atoms with Gasteiger partial charge in [0.25, 0.3) is 0 Å². The van der Waals surface area contributed by atoms with Crippen LogP contribution in [-0.2, 0) is 14.6 Å². The van der Waals surface area contributed by atoms with E-state index < -0.39 is 33.4 Å². The molecule has 0 aliphatic carbocycles. The lowest BCUT2D eigenvalue weighted by Gasteiger charge is -2.20. The van der Waals surface area contributed by atoms with Crippen molar-refractivity contribution in [2.24, 2.45) is 0 Å². The number of carbonyl (C=O) groups excluding carboxylic acids is 1. The van der Waals surface area contributed by atoms with Crippen molar-refractivity contribution in [2.75, 3.05) is 5.75 Å². The van der Waals surface area contributed by atoms with Crippen LogP contribution in [0.5, 0.6) is 0 Å². The van der Waals surface area contributed by atoms with E-state index in [0.717, 1.165) is 0 Å². The fraction of sp³-hybridized carbons (Fsp3) is 0.0952. The Kier molecular flexibility index (Phi) is 6.72. The van der Waals surface area contributed by atoms with Gasteiger partial charge in [-0.1, -0.05) is 63.9 Å². The first kappa shape index (κ1) is 21.5. The fourth-order valence-corrected chi connectivity index (χ4v) is 4.43. The van der Waals surface area contributed by atoms with E-state index in [1.807, 2.05) is 0 Å². The summed E-state index contributed by atoms with van der Waals surface area (Å²) >= 11 is 8.99. The standard InChI is InChI=1S/C21H16BrClFNO3S/c22-15-6-11-18(19(24)12-15)21(14-4-2-1-3-5-14)25-20(26)13-29(27,28)17-9-7-16(23)8-10-17/h1-12,21H,13H2,(H,25,26). The predicted octanol–water partition coefficient (Wildman–Crippen LogP) is 4.92. The van der Waals surface area contributed by atoms with Gasteiger partial charge in [0.15, 0.2) is 9.84 Å². The fourth-order valence-electron chi connectivity index (χ4n) is 2.82. The van der Waals surface area contributed by atoms with E-state index in [2.05, 4.69) is 21.2 Å². The number of sulfone groups is 1. The lowest BCUT2D eigenvalue weighted by atomic mass is 9.98. The van der Waals surface area contributed by atoms with Gasteiger partial charge in [0.1, 0.15) is 11.6 Å². The van der Waals surface area contributed by atoms with Crippen LogP contribution in [0, 0.1) is 5.82 Å². The van der Waals surface area contributed by atoms with Crippen molar-refractivity contribution in [1.29, 1.82) is 0 Å². The highest BCUT2D eigenvalue weighted by atomic mass is 79.9. The zero-order valence-corrected chi connectivity index (χ0v) is 18.1. The molecule has 1 unspecified atom stereocenters. The van der Waals surface area contributed by atoms with Crippen molar-refractivity contribution in [3.05, 3.63) is 99.2 Å². The molecule has 3 aromatic carbocycles. The lowest BCUT2D eigenvalue weighted by Crippen LogP contribution is -2.34. The van der Waals surface area contributed by atoms with Crippen LogP contribution in [-0.4, -0.2) is 20.1 Å². The van der Waals surface area contributed by atoms with Gasteiger partial charge in [0.05, 0.1) is 10.9 Å². The third-order valence-corrected chi connectivity index (χ3v) is 6.58. The molecular weight excluding hydrogens is 481 g/mol. The molecule has 1 amide bonds. The molecule has 0 bridgehead atoms. The summed E-state index contributed by atoms with van der Waals surface area (Å²) < 4.78 is 40.2. The van der Waals surface area contributed by atoms with Crippen LogP contribution in [0.15, 0.2) is 82.2 Å². The van der Waals surface area contributed by atoms with Crippen LogP contribution < -0.4 is 5.32 Å². The van der Waals surface area contributed by atoms with Gasteiger partial charge >= 0.3 is 0 Å². The number of amides is 1. The Bertz CT molecular complexity index is 1120. The SMILES string of the molecule is O=C(CS(=O)(=O)c1ccc(Cl)cc1)NC(c1ccccc1)c1ccc(Br)cc1F. The highest BCUT2D eigenvalue weighted by Crippen LogP contribution is 2.27. The second-order valence-electron chi connectivity index (χ2n) is 6.29. The van der Waals surface area contributed by atoms with E-state index >= 15 is 0 Å². The number of rotatable bonds is 6. The van der Waals surface area contributed by atoms with Crippen LogP contribution in [0.2, 0.25) is 5.02 Å². The van der Waals surface area contributed by atoms with Gasteiger partial charge in [-0.3, -0.25) is 4.79 Å². The summed E-state index contributed by atoms with van der Waals surface area (Å²) in [5.74, 6) is -2.03. The molecule has 0 fully saturated rings. The Morgan fingerprint density at radius 1 is 1.03 bits per heavy atom. The summed E-state index contributed by atoms with van der Waals surface area (Å²) in [6.07, 6.45) is 0. The van der Waals surface area contributed by atoms with Crippen LogP contribution in [0.3, 0.4) is 0 Å². The molecule has 0 aliphatic rings. The summed E-state index contributed by atoms with van der Waals surface area (Å²) in [4.78, 5) is 12.6. The van der Waals surface area contributed by atoms with E-state index in [1.54, 1.807) is 42.5 Å². The molecule has 0 aromatic heterocycles. The van der Waals surface area contributed by atoms with Crippen LogP contribution in [0.1, 0.15) is 17.2 Å². The number of nitrogens with one attached hydrogen (secondary N) is 1. The van der Waals surface area contributed by atoms with Crippen LogP contribution in [0.4, 0.5) is 4.39 Å². The van der Waals surface area contributed by atoms with Gasteiger partial charge in [0, 0.05) is 15.1 Å². The molecule has 3 rings (SSSR count). The lowest BCUT2D eigenvalue weighted by molar-refractivity contribution is -0.119. The maximum Gasteiger partial charge on any atom is 0.236 e. The molecule has 4 nitrogen and oxygen atoms in total. The van der Waals surface area contributed by atoms with E-state index in [-0.39, 0.29) is 10.5 Å². The maximum absolute atomic E-state index is 14.6. The average Bonchev–Trinajstić information content (AvgIpc) is 2.67. The third-order valence-electron chi connectivity index (χ3n) is 4.21. The largest absolute Gasteiger partial charge is 0.344 e. The Balaban J connectivity index is 1.88. The highest BCUT2D eigenvalue weighted by Gasteiger charge is 2.24. The molecule has 1 atom stereocenters. The molecule has 0 radical (unpaired) electrons. The van der Waals surface area contributed by atoms with Crippen molar-refractivity contribution < 1.29 is 17.6 Å². The molecule has 150 valence electrons. The number of hydrogen-bond acceptors (Lipinski definition) is 3. The minimum absolute atomic E-state index is 0.0110. The Labute approximate surface area is 181 Å². The van der Waals surface area contributed by atoms with Crippen molar-refractivity contribution in [3.63, 3.8) is 0 Å². The van der Waals surface area contributed by atoms with E-state index in [9.17, 15) is 17.6 Å². The molecule has 0 heterocycles. The van der Waals surface area contributed by atoms with E-state index in [1.165, 1.54) is 30.3 Å². The molecule has 1 N–H and O–H groups in total. The van der Waals surface area contributed by atoms with Crippen molar-refractivity contribution in [3.8, 4) is 0 Å². The molecule has 0 saturated carbocycles. The second kappa shape index (κ2) is 9.07. The molecule has 0 saturated heterocycles. The zero-order valence-electron chi connectivity index (χ0n) is 15.0. The Hall–Kier alpha value is -2.22. The van der Waals surface area contributed by atoms with Gasteiger partial charge in [-0.2, -0.15) is 0 Å². The first-order valence-electron chi connectivity index (χ1n) is 8.54. The number of carbonyl (C=O) groups is 1. The van der Waals surface area contributed by atoms with Gasteiger partial charge < -0.3 is 5.32 Å². The summed E-state index contributed by atoms with van der Waals surface area (Å²) in [6.45, 7) is 0. The first-order valence-corrected chi connectivity index (χ1v) is 11.4. The first-order chi connectivity index (χ1) is 13.8.